The lowest BCUT2D eigenvalue weighted by molar-refractivity contribution is -0.127. The molecule has 0 N–H and O–H groups in total. The highest BCUT2D eigenvalue weighted by molar-refractivity contribution is 5.95. The summed E-state index contributed by atoms with van der Waals surface area (Å²) < 4.78 is 32.4. The Hall–Kier alpha value is -2.18. The lowest BCUT2D eigenvalue weighted by atomic mass is 9.92. The number of likely N-dealkylation sites (N-methyl/N-ethyl adjacent to an activating group) is 1. The molecule has 23 heavy (non-hydrogen) atoms. The van der Waals surface area contributed by atoms with E-state index in [4.69, 9.17) is 0 Å². The van der Waals surface area contributed by atoms with Gasteiger partial charge in [-0.05, 0) is 24.5 Å². The molecule has 3 rings (SSSR count). The van der Waals surface area contributed by atoms with Crippen LogP contribution in [0.4, 0.5) is 8.78 Å². The van der Waals surface area contributed by atoms with Crippen molar-refractivity contribution in [3.8, 4) is 5.75 Å². The van der Waals surface area contributed by atoms with Crippen molar-refractivity contribution in [2.24, 2.45) is 5.92 Å². The number of piperidine rings is 1. The number of rotatable bonds is 2. The average molecular weight is 324 g/mol. The summed E-state index contributed by atoms with van der Waals surface area (Å²) in [6.07, 6.45) is 1.20. The van der Waals surface area contributed by atoms with Crippen LogP contribution in [0, 0.1) is 17.6 Å². The Bertz CT molecular complexity index is 665. The number of carbonyl (C=O) groups is 2. The van der Waals surface area contributed by atoms with Gasteiger partial charge in [0.2, 0.25) is 5.91 Å². The molecule has 0 radical (unpaired) electrons. The lowest BCUT2D eigenvalue weighted by Crippen LogP contribution is -2.49. The molecule has 5 nitrogen and oxygen atoms in total. The molecule has 124 valence electrons. The van der Waals surface area contributed by atoms with Crippen LogP contribution in [0.5, 0.6) is 5.75 Å². The third kappa shape index (κ3) is 2.54. The third-order valence-electron chi connectivity index (χ3n) is 4.82. The van der Waals surface area contributed by atoms with E-state index < -0.39 is 23.3 Å². The van der Waals surface area contributed by atoms with Crippen molar-refractivity contribution in [3.05, 3.63) is 29.3 Å². The van der Waals surface area contributed by atoms with Crippen molar-refractivity contribution < 1.29 is 23.1 Å². The fraction of sp³-hybridized carbons (Fsp3) is 0.500. The second-order valence-corrected chi connectivity index (χ2v) is 6.02. The van der Waals surface area contributed by atoms with Gasteiger partial charge in [-0.3, -0.25) is 9.59 Å². The van der Waals surface area contributed by atoms with Gasteiger partial charge in [0, 0.05) is 26.6 Å². The van der Waals surface area contributed by atoms with Gasteiger partial charge in [-0.25, -0.2) is 8.78 Å². The molecule has 2 atom stereocenters. The number of hydrogen-bond donors (Lipinski definition) is 0. The van der Waals surface area contributed by atoms with Gasteiger partial charge in [-0.15, -0.1) is 0 Å². The highest BCUT2D eigenvalue weighted by Gasteiger charge is 2.42. The molecular formula is C16H18F2N2O3. The zero-order valence-electron chi connectivity index (χ0n) is 13.0. The number of fused-ring (bicyclic) bond motifs is 1. The Labute approximate surface area is 132 Å². The summed E-state index contributed by atoms with van der Waals surface area (Å²) in [5, 5.41) is 0. The van der Waals surface area contributed by atoms with Gasteiger partial charge in [-0.2, -0.15) is 0 Å². The quantitative estimate of drug-likeness (QED) is 0.831. The van der Waals surface area contributed by atoms with Crippen molar-refractivity contribution in [3.63, 3.8) is 0 Å². The SMILES string of the molecule is COc1c(F)ccc(C(=O)N2CC[C@@H]3CC(=O)N(C)[C@@H]3C2)c1F. The Morgan fingerprint density at radius 2 is 2.09 bits per heavy atom. The van der Waals surface area contributed by atoms with Crippen molar-refractivity contribution in [1.29, 1.82) is 0 Å². The van der Waals surface area contributed by atoms with Crippen LogP contribution >= 0.6 is 0 Å². The van der Waals surface area contributed by atoms with Crippen LogP contribution in [-0.4, -0.2) is 54.9 Å². The maximum atomic E-state index is 14.3. The van der Waals surface area contributed by atoms with Gasteiger partial charge in [0.05, 0.1) is 18.7 Å². The van der Waals surface area contributed by atoms with Crippen LogP contribution in [0.1, 0.15) is 23.2 Å². The van der Waals surface area contributed by atoms with Crippen molar-refractivity contribution >= 4 is 11.8 Å². The molecule has 2 fully saturated rings. The van der Waals surface area contributed by atoms with Gasteiger partial charge in [0.15, 0.2) is 17.4 Å². The summed E-state index contributed by atoms with van der Waals surface area (Å²) in [5.74, 6) is -2.59. The first-order chi connectivity index (χ1) is 10.9. The van der Waals surface area contributed by atoms with E-state index >= 15 is 0 Å². The van der Waals surface area contributed by atoms with Crippen LogP contribution in [0.15, 0.2) is 12.1 Å². The zero-order chi connectivity index (χ0) is 16.7. The lowest BCUT2D eigenvalue weighted by Gasteiger charge is -2.37. The summed E-state index contributed by atoms with van der Waals surface area (Å²) >= 11 is 0. The van der Waals surface area contributed by atoms with E-state index in [-0.39, 0.29) is 23.4 Å². The van der Waals surface area contributed by atoms with Gasteiger partial charge in [0.25, 0.3) is 5.91 Å². The fourth-order valence-electron chi connectivity index (χ4n) is 3.45. The predicted molar refractivity (Wildman–Crippen MR) is 78.1 cm³/mol. The minimum absolute atomic E-state index is 0.0365. The number of hydrogen-bond acceptors (Lipinski definition) is 3. The van der Waals surface area contributed by atoms with Crippen LogP contribution in [0.25, 0.3) is 0 Å². The number of ether oxygens (including phenoxy) is 1. The maximum Gasteiger partial charge on any atom is 0.257 e. The highest BCUT2D eigenvalue weighted by Crippen LogP contribution is 2.33. The highest BCUT2D eigenvalue weighted by atomic mass is 19.1. The molecule has 0 saturated carbocycles. The predicted octanol–water partition coefficient (Wildman–Crippen LogP) is 1.67. The molecule has 2 aliphatic rings. The largest absolute Gasteiger partial charge is 0.491 e. The first-order valence-corrected chi connectivity index (χ1v) is 7.51. The number of benzene rings is 1. The zero-order valence-corrected chi connectivity index (χ0v) is 13.0. The van der Waals surface area contributed by atoms with Crippen LogP contribution < -0.4 is 4.74 Å². The standard InChI is InChI=1S/C16H18F2N2O3/c1-19-12-8-20(6-5-9(12)7-13(19)21)16(22)10-3-4-11(17)15(23-2)14(10)18/h3-4,9,12H,5-8H2,1-2H3/t9-,12-/m1/s1. The smallest absolute Gasteiger partial charge is 0.257 e. The van der Waals surface area contributed by atoms with Gasteiger partial charge >= 0.3 is 0 Å². The van der Waals surface area contributed by atoms with E-state index in [0.29, 0.717) is 25.9 Å². The molecule has 2 heterocycles. The summed E-state index contributed by atoms with van der Waals surface area (Å²) in [6.45, 7) is 0.825. The average Bonchev–Trinajstić information content (AvgIpc) is 2.82. The van der Waals surface area contributed by atoms with Crippen molar-refractivity contribution in [1.82, 2.24) is 9.80 Å². The maximum absolute atomic E-state index is 14.3. The van der Waals surface area contributed by atoms with E-state index in [0.717, 1.165) is 19.2 Å². The molecule has 2 aliphatic heterocycles. The molecule has 2 amide bonds. The Balaban J connectivity index is 1.83. The van der Waals surface area contributed by atoms with Gasteiger partial charge in [0.1, 0.15) is 0 Å². The molecule has 1 aromatic rings. The van der Waals surface area contributed by atoms with Gasteiger partial charge in [-0.1, -0.05) is 0 Å². The number of likely N-dealkylation sites (tertiary alicyclic amines) is 2. The summed E-state index contributed by atoms with van der Waals surface area (Å²) in [5.41, 5.74) is -0.214. The van der Waals surface area contributed by atoms with E-state index in [1.54, 1.807) is 11.9 Å². The molecule has 0 unspecified atom stereocenters. The van der Waals surface area contributed by atoms with E-state index in [1.165, 1.54) is 4.90 Å². The summed E-state index contributed by atoms with van der Waals surface area (Å²) in [4.78, 5) is 27.5. The number of methoxy groups -OCH3 is 1. The third-order valence-corrected chi connectivity index (χ3v) is 4.82. The van der Waals surface area contributed by atoms with Gasteiger partial charge < -0.3 is 14.5 Å². The molecule has 0 spiro atoms. The molecule has 0 aliphatic carbocycles. The summed E-state index contributed by atoms with van der Waals surface area (Å²) in [6, 6.07) is 2.11. The molecule has 7 heteroatoms. The number of carbonyl (C=O) groups excluding carboxylic acids is 2. The van der Waals surface area contributed by atoms with Crippen LogP contribution in [0.2, 0.25) is 0 Å². The normalized spacial score (nSPS) is 23.9. The monoisotopic (exact) mass is 324 g/mol. The van der Waals surface area contributed by atoms with Crippen LogP contribution in [-0.2, 0) is 4.79 Å². The molecule has 0 bridgehead atoms. The first kappa shape index (κ1) is 15.7. The Morgan fingerprint density at radius 3 is 2.78 bits per heavy atom. The van der Waals surface area contributed by atoms with E-state index in [1.807, 2.05) is 0 Å². The first-order valence-electron chi connectivity index (χ1n) is 7.51. The summed E-state index contributed by atoms with van der Waals surface area (Å²) in [7, 11) is 2.88. The van der Waals surface area contributed by atoms with E-state index in [9.17, 15) is 18.4 Å². The molecule has 2 saturated heterocycles. The number of nitrogens with zero attached hydrogens (tertiary/aromatic N) is 2. The molecular weight excluding hydrogens is 306 g/mol. The van der Waals surface area contributed by atoms with Crippen LogP contribution in [0.3, 0.4) is 0 Å². The molecule has 0 aromatic heterocycles. The minimum Gasteiger partial charge on any atom is -0.491 e. The molecule has 1 aromatic carbocycles. The Kier molecular flexibility index (Phi) is 3.95. The second kappa shape index (κ2) is 5.79. The minimum atomic E-state index is -0.990. The van der Waals surface area contributed by atoms with Crippen molar-refractivity contribution in [2.45, 2.75) is 18.9 Å². The number of halogens is 2. The fourth-order valence-corrected chi connectivity index (χ4v) is 3.45. The second-order valence-electron chi connectivity index (χ2n) is 6.02. The Morgan fingerprint density at radius 1 is 1.35 bits per heavy atom. The van der Waals surface area contributed by atoms with E-state index in [2.05, 4.69) is 4.74 Å². The topological polar surface area (TPSA) is 49.9 Å². The number of amides is 2. The van der Waals surface area contributed by atoms with Crippen molar-refractivity contribution in [2.75, 3.05) is 27.2 Å².